The normalized spacial score (nSPS) is 14.1. The zero-order chi connectivity index (χ0) is 7.00. The molecule has 0 spiro atoms. The summed E-state index contributed by atoms with van der Waals surface area (Å²) in [6.45, 7) is 8.35. The van der Waals surface area contributed by atoms with Crippen LogP contribution in [-0.4, -0.2) is 12.7 Å². The van der Waals surface area contributed by atoms with Crippen molar-refractivity contribution in [1.29, 1.82) is 0 Å². The summed E-state index contributed by atoms with van der Waals surface area (Å²) in [7, 11) is 2.14. The van der Waals surface area contributed by atoms with Gasteiger partial charge in [0.05, 0.1) is 0 Å². The van der Waals surface area contributed by atoms with Crippen molar-refractivity contribution in [2.24, 2.45) is 0 Å². The molecular weight excluding hydrogens is 118 g/mol. The summed E-state index contributed by atoms with van der Waals surface area (Å²) in [6, 6.07) is 0. The molecule has 0 saturated carbocycles. The molecule has 0 rings (SSSR count). The SMILES string of the molecule is BC(C)(C)C(C)(C)Cl. The highest BCUT2D eigenvalue weighted by Gasteiger charge is 2.29. The van der Waals surface area contributed by atoms with Gasteiger partial charge in [-0.15, -0.1) is 11.6 Å². The summed E-state index contributed by atoms with van der Waals surface area (Å²) in [5.41, 5.74) is 0. The third-order valence-electron chi connectivity index (χ3n) is 1.78. The molecule has 0 amide bonds. The monoisotopic (exact) mass is 132 g/mol. The highest BCUT2D eigenvalue weighted by molar-refractivity contribution is 6.30. The molecule has 0 aromatic heterocycles. The fraction of sp³-hybridized carbons (Fsp3) is 1.00. The largest absolute Gasteiger partial charge is 0.120 e. The molecule has 0 atom stereocenters. The maximum atomic E-state index is 6.01. The molecule has 48 valence electrons. The topological polar surface area (TPSA) is 0 Å². The van der Waals surface area contributed by atoms with E-state index < -0.39 is 0 Å². The van der Waals surface area contributed by atoms with E-state index in [2.05, 4.69) is 21.7 Å². The molecule has 0 N–H and O–H groups in total. The van der Waals surface area contributed by atoms with Crippen LogP contribution in [0.15, 0.2) is 0 Å². The molecule has 0 heterocycles. The van der Waals surface area contributed by atoms with Crippen LogP contribution >= 0.6 is 11.6 Å². The van der Waals surface area contributed by atoms with Gasteiger partial charge in [-0.2, -0.15) is 0 Å². The molecular formula is C6H14BCl. The second kappa shape index (κ2) is 1.95. The van der Waals surface area contributed by atoms with Crippen molar-refractivity contribution >= 4 is 19.4 Å². The minimum absolute atomic E-state index is 0.0903. The highest BCUT2D eigenvalue weighted by Crippen LogP contribution is 2.38. The smallest absolute Gasteiger partial charge is 0.111 e. The number of halogens is 1. The van der Waals surface area contributed by atoms with Crippen molar-refractivity contribution in [3.8, 4) is 0 Å². The second-order valence-electron chi connectivity index (χ2n) is 3.72. The molecule has 0 saturated heterocycles. The first-order chi connectivity index (χ1) is 3.25. The Morgan fingerprint density at radius 3 is 1.25 bits per heavy atom. The molecule has 0 aromatic carbocycles. The highest BCUT2D eigenvalue weighted by atomic mass is 35.5. The van der Waals surface area contributed by atoms with E-state index in [1.807, 2.05) is 13.8 Å². The summed E-state index contributed by atoms with van der Waals surface area (Å²) >= 11 is 6.01. The third-order valence-corrected chi connectivity index (χ3v) is 2.35. The third kappa shape index (κ3) is 2.08. The Bertz CT molecular complexity index is 63.5. The van der Waals surface area contributed by atoms with E-state index in [4.69, 9.17) is 11.6 Å². The van der Waals surface area contributed by atoms with E-state index in [-0.39, 0.29) is 10.2 Å². The van der Waals surface area contributed by atoms with Crippen LogP contribution in [0.2, 0.25) is 5.31 Å². The number of hydrogen-bond donors (Lipinski definition) is 0. The standard InChI is InChI=1S/C6H14BCl/c1-5(2,7)6(3,4)8/h7H2,1-4H3. The average Bonchev–Trinajstić information content (AvgIpc) is 1.25. The average molecular weight is 132 g/mol. The van der Waals surface area contributed by atoms with Crippen molar-refractivity contribution in [2.45, 2.75) is 37.9 Å². The minimum Gasteiger partial charge on any atom is -0.120 e. The summed E-state index contributed by atoms with van der Waals surface area (Å²) in [6.07, 6.45) is 0. The van der Waals surface area contributed by atoms with Gasteiger partial charge in [0.25, 0.3) is 0 Å². The van der Waals surface area contributed by atoms with Gasteiger partial charge in [0.15, 0.2) is 0 Å². The second-order valence-corrected chi connectivity index (χ2v) is 4.67. The maximum absolute atomic E-state index is 6.01. The first kappa shape index (κ1) is 8.35. The van der Waals surface area contributed by atoms with Crippen molar-refractivity contribution in [2.75, 3.05) is 0 Å². The Kier molecular flexibility index (Phi) is 2.03. The van der Waals surface area contributed by atoms with E-state index in [1.54, 1.807) is 0 Å². The predicted molar refractivity (Wildman–Crippen MR) is 42.5 cm³/mol. The predicted octanol–water partition coefficient (Wildman–Crippen LogP) is 1.84. The van der Waals surface area contributed by atoms with Crippen LogP contribution in [-0.2, 0) is 0 Å². The Labute approximate surface area is 58.0 Å². The van der Waals surface area contributed by atoms with Crippen LogP contribution in [0.1, 0.15) is 27.7 Å². The van der Waals surface area contributed by atoms with Crippen molar-refractivity contribution in [3.05, 3.63) is 0 Å². The van der Waals surface area contributed by atoms with Gasteiger partial charge in [0, 0.05) is 4.87 Å². The fourth-order valence-electron chi connectivity index (χ4n) is 0. The molecule has 0 bridgehead atoms. The van der Waals surface area contributed by atoms with Gasteiger partial charge in [0.2, 0.25) is 0 Å². The van der Waals surface area contributed by atoms with Gasteiger partial charge in [0.1, 0.15) is 7.85 Å². The van der Waals surface area contributed by atoms with Crippen molar-refractivity contribution in [1.82, 2.24) is 0 Å². The lowest BCUT2D eigenvalue weighted by Gasteiger charge is -2.32. The van der Waals surface area contributed by atoms with Crippen molar-refractivity contribution < 1.29 is 0 Å². The van der Waals surface area contributed by atoms with Gasteiger partial charge < -0.3 is 0 Å². The van der Waals surface area contributed by atoms with Crippen molar-refractivity contribution in [3.63, 3.8) is 0 Å². The summed E-state index contributed by atoms with van der Waals surface area (Å²) in [4.78, 5) is -0.0903. The first-order valence-corrected chi connectivity index (χ1v) is 3.32. The minimum atomic E-state index is -0.0903. The van der Waals surface area contributed by atoms with Crippen LogP contribution < -0.4 is 0 Å². The quantitative estimate of drug-likeness (QED) is 0.377. The Morgan fingerprint density at radius 2 is 1.25 bits per heavy atom. The molecule has 0 unspecified atom stereocenters. The van der Waals surface area contributed by atoms with Crippen LogP contribution in [0.4, 0.5) is 0 Å². The number of rotatable bonds is 1. The number of hydrogen-bond acceptors (Lipinski definition) is 0. The molecule has 0 aromatic rings. The Morgan fingerprint density at radius 1 is 1.12 bits per heavy atom. The fourth-order valence-corrected chi connectivity index (χ4v) is 0. The van der Waals surface area contributed by atoms with Gasteiger partial charge in [-0.25, -0.2) is 0 Å². The molecule has 0 aliphatic heterocycles. The summed E-state index contributed by atoms with van der Waals surface area (Å²) in [5, 5.41) is 0.203. The molecule has 0 fully saturated rings. The van der Waals surface area contributed by atoms with Gasteiger partial charge >= 0.3 is 0 Å². The lowest BCUT2D eigenvalue weighted by Crippen LogP contribution is -2.26. The van der Waals surface area contributed by atoms with E-state index in [1.165, 1.54) is 0 Å². The zero-order valence-electron chi connectivity index (χ0n) is 6.38. The van der Waals surface area contributed by atoms with Crippen LogP contribution in [0.3, 0.4) is 0 Å². The van der Waals surface area contributed by atoms with E-state index >= 15 is 0 Å². The molecule has 8 heavy (non-hydrogen) atoms. The Hall–Kier alpha value is 0.355. The van der Waals surface area contributed by atoms with E-state index in [9.17, 15) is 0 Å². The summed E-state index contributed by atoms with van der Waals surface area (Å²) < 4.78 is 0. The first-order valence-electron chi connectivity index (χ1n) is 2.94. The molecule has 0 aliphatic carbocycles. The summed E-state index contributed by atoms with van der Waals surface area (Å²) in [5.74, 6) is 0. The molecule has 2 heteroatoms. The van der Waals surface area contributed by atoms with E-state index in [0.717, 1.165) is 0 Å². The van der Waals surface area contributed by atoms with Gasteiger partial charge in [-0.3, -0.25) is 0 Å². The molecule has 0 radical (unpaired) electrons. The zero-order valence-corrected chi connectivity index (χ0v) is 7.13. The van der Waals surface area contributed by atoms with Crippen LogP contribution in [0, 0.1) is 0 Å². The lowest BCUT2D eigenvalue weighted by atomic mass is 9.64. The molecule has 0 aliphatic rings. The van der Waals surface area contributed by atoms with Gasteiger partial charge in [-0.05, 0) is 19.2 Å². The van der Waals surface area contributed by atoms with Crippen LogP contribution in [0.5, 0.6) is 0 Å². The lowest BCUT2D eigenvalue weighted by molar-refractivity contribution is 0.517. The van der Waals surface area contributed by atoms with E-state index in [0.29, 0.717) is 0 Å². The maximum Gasteiger partial charge on any atom is 0.111 e. The van der Waals surface area contributed by atoms with Gasteiger partial charge in [-0.1, -0.05) is 13.8 Å². The molecule has 0 nitrogen and oxygen atoms in total. The Balaban J connectivity index is 4.02. The number of alkyl halides is 1. The van der Waals surface area contributed by atoms with Crippen LogP contribution in [0.25, 0.3) is 0 Å².